The fraction of sp³-hybridized carbons (Fsp3) is 0.500. The predicted octanol–water partition coefficient (Wildman–Crippen LogP) is 0.900. The van der Waals surface area contributed by atoms with Crippen LogP contribution in [-0.4, -0.2) is 26.3 Å². The van der Waals surface area contributed by atoms with Crippen molar-refractivity contribution < 1.29 is 14.3 Å². The first-order valence-corrected chi connectivity index (χ1v) is 4.15. The maximum Gasteiger partial charge on any atom is 0.384 e. The molecule has 13 heavy (non-hydrogen) atoms. The quantitative estimate of drug-likeness (QED) is 0.213. The molecule has 0 radical (unpaired) electrons. The minimum Gasteiger partial charge on any atom is -0.459 e. The van der Waals surface area contributed by atoms with Gasteiger partial charge in [-0.15, -0.1) is 0 Å². The van der Waals surface area contributed by atoms with Gasteiger partial charge in [-0.2, -0.15) is 0 Å². The van der Waals surface area contributed by atoms with Crippen LogP contribution in [0.4, 0.5) is 0 Å². The topological polar surface area (TPSA) is 35.5 Å². The predicted molar refractivity (Wildman–Crippen MR) is 47.9 cm³/mol. The summed E-state index contributed by atoms with van der Waals surface area (Å²) in [7, 11) is 1.30. The number of hydrogen-bond donors (Lipinski definition) is 0. The molecular weight excluding hydrogens is 168 g/mol. The van der Waals surface area contributed by atoms with E-state index in [0.29, 0.717) is 6.61 Å². The SMILES string of the molecule is COC(=O)C#CCOCC=C1CC1. The van der Waals surface area contributed by atoms with E-state index in [-0.39, 0.29) is 6.61 Å². The highest BCUT2D eigenvalue weighted by atomic mass is 16.5. The zero-order chi connectivity index (χ0) is 9.52. The van der Waals surface area contributed by atoms with Crippen LogP contribution in [0.15, 0.2) is 11.6 Å². The number of methoxy groups -OCH3 is 1. The largest absolute Gasteiger partial charge is 0.459 e. The van der Waals surface area contributed by atoms with Gasteiger partial charge in [0.1, 0.15) is 6.61 Å². The van der Waals surface area contributed by atoms with E-state index in [0.717, 1.165) is 0 Å². The lowest BCUT2D eigenvalue weighted by atomic mass is 10.5. The summed E-state index contributed by atoms with van der Waals surface area (Å²) in [5, 5.41) is 0. The molecule has 0 bridgehead atoms. The smallest absolute Gasteiger partial charge is 0.384 e. The minimum atomic E-state index is -0.524. The maximum absolute atomic E-state index is 10.5. The minimum absolute atomic E-state index is 0.277. The van der Waals surface area contributed by atoms with Crippen molar-refractivity contribution in [3.63, 3.8) is 0 Å². The summed E-state index contributed by atoms with van der Waals surface area (Å²) < 4.78 is 9.45. The molecule has 1 saturated carbocycles. The lowest BCUT2D eigenvalue weighted by Crippen LogP contribution is -1.96. The lowest BCUT2D eigenvalue weighted by Gasteiger charge is -1.91. The lowest BCUT2D eigenvalue weighted by molar-refractivity contribution is -0.133. The third-order valence-corrected chi connectivity index (χ3v) is 1.58. The second-order valence-electron chi connectivity index (χ2n) is 2.67. The van der Waals surface area contributed by atoms with Gasteiger partial charge in [-0.05, 0) is 12.8 Å². The van der Waals surface area contributed by atoms with Crippen LogP contribution in [0.3, 0.4) is 0 Å². The van der Waals surface area contributed by atoms with Gasteiger partial charge in [-0.1, -0.05) is 17.6 Å². The molecule has 0 aromatic carbocycles. The van der Waals surface area contributed by atoms with Crippen molar-refractivity contribution in [1.82, 2.24) is 0 Å². The second-order valence-corrected chi connectivity index (χ2v) is 2.67. The van der Waals surface area contributed by atoms with Crippen molar-refractivity contribution in [3.8, 4) is 11.8 Å². The van der Waals surface area contributed by atoms with Gasteiger partial charge in [0.2, 0.25) is 0 Å². The zero-order valence-electron chi connectivity index (χ0n) is 7.63. The summed E-state index contributed by atoms with van der Waals surface area (Å²) in [4.78, 5) is 10.5. The molecule has 70 valence electrons. The van der Waals surface area contributed by atoms with Gasteiger partial charge in [0.05, 0.1) is 13.7 Å². The van der Waals surface area contributed by atoms with Crippen molar-refractivity contribution in [2.75, 3.05) is 20.3 Å². The number of ether oxygens (including phenoxy) is 2. The average molecular weight is 180 g/mol. The summed E-state index contributed by atoms with van der Waals surface area (Å²) >= 11 is 0. The molecule has 0 saturated heterocycles. The van der Waals surface area contributed by atoms with E-state index in [1.54, 1.807) is 0 Å². The number of hydrogen-bond acceptors (Lipinski definition) is 3. The van der Waals surface area contributed by atoms with E-state index >= 15 is 0 Å². The molecule has 0 spiro atoms. The molecule has 0 aromatic rings. The monoisotopic (exact) mass is 180 g/mol. The Labute approximate surface area is 77.7 Å². The Morgan fingerprint density at radius 3 is 3.00 bits per heavy atom. The Morgan fingerprint density at radius 2 is 2.38 bits per heavy atom. The van der Waals surface area contributed by atoms with E-state index in [4.69, 9.17) is 4.74 Å². The number of allylic oxidation sites excluding steroid dienone is 1. The van der Waals surface area contributed by atoms with Crippen LogP contribution in [0.5, 0.6) is 0 Å². The normalized spacial score (nSPS) is 12.8. The van der Waals surface area contributed by atoms with E-state index in [2.05, 4.69) is 22.7 Å². The van der Waals surface area contributed by atoms with Crippen LogP contribution < -0.4 is 0 Å². The molecule has 1 fully saturated rings. The van der Waals surface area contributed by atoms with Crippen LogP contribution in [0.2, 0.25) is 0 Å². The standard InChI is InChI=1S/C10H12O3/c1-12-10(11)3-2-7-13-8-6-9-4-5-9/h6H,4-5,7-8H2,1H3. The number of esters is 1. The van der Waals surface area contributed by atoms with Gasteiger partial charge in [0.25, 0.3) is 0 Å². The summed E-state index contributed by atoms with van der Waals surface area (Å²) in [5.74, 6) is 4.31. The van der Waals surface area contributed by atoms with E-state index in [9.17, 15) is 4.79 Å². The fourth-order valence-electron chi connectivity index (χ4n) is 0.722. The molecule has 0 amide bonds. The third-order valence-electron chi connectivity index (χ3n) is 1.58. The van der Waals surface area contributed by atoms with E-state index in [1.165, 1.54) is 25.5 Å². The first-order chi connectivity index (χ1) is 6.33. The summed E-state index contributed by atoms with van der Waals surface area (Å²) in [6, 6.07) is 0. The number of carbonyl (C=O) groups excluding carboxylic acids is 1. The molecule has 1 rings (SSSR count). The summed E-state index contributed by atoms with van der Waals surface area (Å²) in [5.41, 5.74) is 1.45. The first-order valence-electron chi connectivity index (χ1n) is 4.15. The van der Waals surface area contributed by atoms with Crippen molar-refractivity contribution in [2.45, 2.75) is 12.8 Å². The van der Waals surface area contributed by atoms with Crippen molar-refractivity contribution in [3.05, 3.63) is 11.6 Å². The highest BCUT2D eigenvalue weighted by Crippen LogP contribution is 2.26. The molecule has 0 atom stereocenters. The number of carbonyl (C=O) groups is 1. The van der Waals surface area contributed by atoms with Gasteiger partial charge in [0.15, 0.2) is 0 Å². The van der Waals surface area contributed by atoms with Crippen LogP contribution >= 0.6 is 0 Å². The van der Waals surface area contributed by atoms with Gasteiger partial charge in [-0.25, -0.2) is 4.79 Å². The molecule has 0 unspecified atom stereocenters. The van der Waals surface area contributed by atoms with E-state index < -0.39 is 5.97 Å². The fourth-order valence-corrected chi connectivity index (χ4v) is 0.722. The highest BCUT2D eigenvalue weighted by Gasteiger charge is 2.08. The first kappa shape index (κ1) is 9.82. The molecule has 0 aromatic heterocycles. The van der Waals surface area contributed by atoms with Crippen LogP contribution in [-0.2, 0) is 14.3 Å². The van der Waals surface area contributed by atoms with Gasteiger partial charge < -0.3 is 9.47 Å². The molecule has 0 aliphatic heterocycles. The zero-order valence-corrected chi connectivity index (χ0v) is 7.63. The van der Waals surface area contributed by atoms with Crippen molar-refractivity contribution in [1.29, 1.82) is 0 Å². The van der Waals surface area contributed by atoms with Crippen LogP contribution in [0, 0.1) is 11.8 Å². The number of rotatable bonds is 3. The maximum atomic E-state index is 10.5. The molecule has 3 nitrogen and oxygen atoms in total. The Balaban J connectivity index is 2.01. The molecule has 1 aliphatic carbocycles. The third kappa shape index (κ3) is 5.05. The van der Waals surface area contributed by atoms with Crippen molar-refractivity contribution in [2.24, 2.45) is 0 Å². The highest BCUT2D eigenvalue weighted by molar-refractivity contribution is 5.88. The van der Waals surface area contributed by atoms with Crippen LogP contribution in [0.25, 0.3) is 0 Å². The molecule has 3 heteroatoms. The Morgan fingerprint density at radius 1 is 1.62 bits per heavy atom. The molecule has 0 N–H and O–H groups in total. The van der Waals surface area contributed by atoms with Gasteiger partial charge in [-0.3, -0.25) is 0 Å². The Hall–Kier alpha value is -1.27. The molecular formula is C10H12O3. The Kier molecular flexibility index (Phi) is 4.07. The van der Waals surface area contributed by atoms with Crippen molar-refractivity contribution >= 4 is 5.97 Å². The molecule has 0 heterocycles. The summed E-state index contributed by atoms with van der Waals surface area (Å²) in [6.45, 7) is 0.865. The van der Waals surface area contributed by atoms with Crippen LogP contribution in [0.1, 0.15) is 12.8 Å². The molecule has 1 aliphatic rings. The summed E-state index contributed by atoms with van der Waals surface area (Å²) in [6.07, 6.45) is 4.47. The van der Waals surface area contributed by atoms with Gasteiger partial charge in [0, 0.05) is 5.92 Å². The van der Waals surface area contributed by atoms with E-state index in [1.807, 2.05) is 0 Å². The average Bonchev–Trinajstić information content (AvgIpc) is 2.94. The van der Waals surface area contributed by atoms with Gasteiger partial charge >= 0.3 is 5.97 Å². The second kappa shape index (κ2) is 5.39. The Bertz CT molecular complexity index is 262.